The fourth-order valence-electron chi connectivity index (χ4n) is 5.29. The maximum absolute atomic E-state index is 5.83. The molecule has 2 atom stereocenters. The minimum absolute atomic E-state index is 0.0246. The number of thiocarbonyl (C=S) groups is 1. The van der Waals surface area contributed by atoms with E-state index in [1.54, 1.807) is 0 Å². The molecule has 4 rings (SSSR count). The highest BCUT2D eigenvalue weighted by atomic mass is 32.1. The van der Waals surface area contributed by atoms with Gasteiger partial charge in [-0.1, -0.05) is 37.6 Å². The molecule has 4 nitrogen and oxygen atoms in total. The monoisotopic (exact) mass is 446 g/mol. The van der Waals surface area contributed by atoms with Crippen molar-refractivity contribution in [2.45, 2.75) is 60.5 Å². The van der Waals surface area contributed by atoms with Gasteiger partial charge in [-0.05, 0) is 87.6 Å². The molecule has 5 heteroatoms. The molecule has 0 bridgehead atoms. The average Bonchev–Trinajstić information content (AvgIpc) is 3.18. The van der Waals surface area contributed by atoms with E-state index in [0.717, 1.165) is 17.4 Å². The first-order valence-electron chi connectivity index (χ1n) is 11.4. The van der Waals surface area contributed by atoms with E-state index >= 15 is 0 Å². The highest BCUT2D eigenvalue weighted by Crippen LogP contribution is 2.42. The lowest BCUT2D eigenvalue weighted by Crippen LogP contribution is -2.33. The van der Waals surface area contributed by atoms with Crippen LogP contribution in [0, 0.1) is 40.5 Å². The van der Waals surface area contributed by atoms with E-state index in [1.807, 2.05) is 12.3 Å². The molecule has 1 N–H and O–H groups in total. The molecule has 0 saturated carbocycles. The topological polar surface area (TPSA) is 33.1 Å². The number of aryl methyl sites for hydroxylation is 4. The smallest absolute Gasteiger partial charge is 0.170 e. The molecule has 1 saturated heterocycles. The number of nitrogens with zero attached hydrogens (tertiary/aromatic N) is 3. The Hall–Kier alpha value is -2.66. The summed E-state index contributed by atoms with van der Waals surface area (Å²) < 4.78 is 2.42. The van der Waals surface area contributed by atoms with E-state index in [1.165, 1.54) is 39.3 Å². The van der Waals surface area contributed by atoms with Crippen molar-refractivity contribution in [2.75, 3.05) is 6.54 Å². The minimum Gasteiger partial charge on any atom is -0.352 e. The Morgan fingerprint density at radius 1 is 1.03 bits per heavy atom. The number of aromatic nitrogens is 2. The van der Waals surface area contributed by atoms with Crippen LogP contribution in [0.3, 0.4) is 0 Å². The van der Waals surface area contributed by atoms with Crippen molar-refractivity contribution < 1.29 is 0 Å². The molecule has 3 heterocycles. The Labute approximate surface area is 197 Å². The molecule has 1 fully saturated rings. The van der Waals surface area contributed by atoms with E-state index in [2.05, 4.69) is 98.6 Å². The minimum atomic E-state index is 0.0246. The third-order valence-electron chi connectivity index (χ3n) is 6.41. The van der Waals surface area contributed by atoms with Crippen LogP contribution >= 0.6 is 12.2 Å². The Balaban J connectivity index is 1.88. The molecule has 0 amide bonds. The zero-order valence-electron chi connectivity index (χ0n) is 20.2. The molecular weight excluding hydrogens is 412 g/mol. The molecule has 0 aliphatic carbocycles. The lowest BCUT2D eigenvalue weighted by Gasteiger charge is -2.29. The van der Waals surface area contributed by atoms with Gasteiger partial charge in [0.25, 0.3) is 0 Å². The largest absolute Gasteiger partial charge is 0.352 e. The van der Waals surface area contributed by atoms with Gasteiger partial charge in [-0.15, -0.1) is 0 Å². The number of pyridine rings is 1. The average molecular weight is 447 g/mol. The van der Waals surface area contributed by atoms with Gasteiger partial charge >= 0.3 is 0 Å². The Morgan fingerprint density at radius 3 is 2.31 bits per heavy atom. The van der Waals surface area contributed by atoms with Crippen LogP contribution in [0.4, 0.5) is 0 Å². The third kappa shape index (κ3) is 3.95. The van der Waals surface area contributed by atoms with Gasteiger partial charge in [-0.25, -0.2) is 0 Å². The van der Waals surface area contributed by atoms with Gasteiger partial charge in [-0.3, -0.25) is 4.98 Å². The first-order valence-corrected chi connectivity index (χ1v) is 11.8. The SMILES string of the molecule is Cc1cc(C)c(-n2c(C)cc([C@H]3[C@@H](c4ccccn4)NC(=S)N3CC(C)C)c2C)c(C)c1. The van der Waals surface area contributed by atoms with Crippen LogP contribution < -0.4 is 5.32 Å². The van der Waals surface area contributed by atoms with Crippen LogP contribution in [0.2, 0.25) is 0 Å². The second-order valence-electron chi connectivity index (χ2n) is 9.58. The predicted octanol–water partition coefficient (Wildman–Crippen LogP) is 6.04. The van der Waals surface area contributed by atoms with Gasteiger partial charge in [0.05, 0.1) is 23.5 Å². The number of hydrogen-bond donors (Lipinski definition) is 1. The van der Waals surface area contributed by atoms with Gasteiger partial charge in [0, 0.05) is 24.1 Å². The second kappa shape index (κ2) is 8.70. The Kier molecular flexibility index (Phi) is 6.13. The molecule has 2 aromatic heterocycles. The number of benzene rings is 1. The molecule has 1 aliphatic rings. The standard InChI is InChI=1S/C27H34N4S/c1-16(2)15-30-26(24(29-27(30)32)23-10-8-9-11-28-23)22-14-20(6)31(21(22)7)25-18(4)12-17(3)13-19(25)5/h8-14,16,24,26H,15H2,1-7H3,(H,29,32)/t24-,26+/m1/s1. The van der Waals surface area contributed by atoms with Crippen molar-refractivity contribution in [3.05, 3.63) is 81.9 Å². The lowest BCUT2D eigenvalue weighted by atomic mass is 9.96. The summed E-state index contributed by atoms with van der Waals surface area (Å²) in [6.07, 6.45) is 1.87. The van der Waals surface area contributed by atoms with Gasteiger partial charge < -0.3 is 14.8 Å². The zero-order valence-corrected chi connectivity index (χ0v) is 21.0. The van der Waals surface area contributed by atoms with Crippen molar-refractivity contribution in [1.29, 1.82) is 0 Å². The quantitative estimate of drug-likeness (QED) is 0.484. The van der Waals surface area contributed by atoms with E-state index in [0.29, 0.717) is 5.92 Å². The Bertz CT molecular complexity index is 1120. The van der Waals surface area contributed by atoms with Gasteiger partial charge in [-0.2, -0.15) is 0 Å². The summed E-state index contributed by atoms with van der Waals surface area (Å²) >= 11 is 5.83. The number of hydrogen-bond acceptors (Lipinski definition) is 2. The lowest BCUT2D eigenvalue weighted by molar-refractivity contribution is 0.287. The van der Waals surface area contributed by atoms with E-state index in [4.69, 9.17) is 12.2 Å². The van der Waals surface area contributed by atoms with Gasteiger partial charge in [0.2, 0.25) is 0 Å². The summed E-state index contributed by atoms with van der Waals surface area (Å²) in [5.41, 5.74) is 10.0. The summed E-state index contributed by atoms with van der Waals surface area (Å²) in [4.78, 5) is 7.05. The fraction of sp³-hybridized carbons (Fsp3) is 0.407. The molecule has 168 valence electrons. The van der Waals surface area contributed by atoms with Crippen molar-refractivity contribution in [3.63, 3.8) is 0 Å². The molecule has 32 heavy (non-hydrogen) atoms. The summed E-state index contributed by atoms with van der Waals surface area (Å²) in [6, 6.07) is 13.1. The highest BCUT2D eigenvalue weighted by molar-refractivity contribution is 7.80. The molecule has 3 aromatic rings. The molecule has 0 unspecified atom stereocenters. The first kappa shape index (κ1) is 22.5. The van der Waals surface area contributed by atoms with Crippen molar-refractivity contribution in [3.8, 4) is 5.69 Å². The maximum atomic E-state index is 5.83. The maximum Gasteiger partial charge on any atom is 0.170 e. The van der Waals surface area contributed by atoms with Crippen LogP contribution in [0.1, 0.15) is 65.3 Å². The van der Waals surface area contributed by atoms with Crippen LogP contribution in [-0.2, 0) is 0 Å². The Morgan fingerprint density at radius 2 is 1.72 bits per heavy atom. The number of nitrogens with one attached hydrogen (secondary N) is 1. The second-order valence-corrected chi connectivity index (χ2v) is 9.97. The van der Waals surface area contributed by atoms with Crippen molar-refractivity contribution >= 4 is 17.3 Å². The molecule has 1 aromatic carbocycles. The van der Waals surface area contributed by atoms with Crippen LogP contribution in [0.15, 0.2) is 42.6 Å². The van der Waals surface area contributed by atoms with Crippen LogP contribution in [-0.4, -0.2) is 26.1 Å². The molecule has 1 aliphatic heterocycles. The van der Waals surface area contributed by atoms with Gasteiger partial charge in [0.1, 0.15) is 0 Å². The van der Waals surface area contributed by atoms with Crippen LogP contribution in [0.5, 0.6) is 0 Å². The van der Waals surface area contributed by atoms with E-state index < -0.39 is 0 Å². The molecule has 0 spiro atoms. The molecular formula is C27H34N4S. The first-order chi connectivity index (χ1) is 15.2. The summed E-state index contributed by atoms with van der Waals surface area (Å²) in [5.74, 6) is 0.504. The fourth-order valence-corrected chi connectivity index (χ4v) is 5.61. The van der Waals surface area contributed by atoms with Gasteiger partial charge in [0.15, 0.2) is 5.11 Å². The highest BCUT2D eigenvalue weighted by Gasteiger charge is 2.41. The summed E-state index contributed by atoms with van der Waals surface area (Å²) in [7, 11) is 0. The van der Waals surface area contributed by atoms with E-state index in [-0.39, 0.29) is 12.1 Å². The zero-order chi connectivity index (χ0) is 23.2. The molecule has 0 radical (unpaired) electrons. The summed E-state index contributed by atoms with van der Waals surface area (Å²) in [5, 5.41) is 4.40. The van der Waals surface area contributed by atoms with Crippen LogP contribution in [0.25, 0.3) is 5.69 Å². The predicted molar refractivity (Wildman–Crippen MR) is 136 cm³/mol. The van der Waals surface area contributed by atoms with E-state index in [9.17, 15) is 0 Å². The normalized spacial score (nSPS) is 18.5. The third-order valence-corrected chi connectivity index (χ3v) is 6.76. The number of rotatable bonds is 5. The van der Waals surface area contributed by atoms with Crippen molar-refractivity contribution in [2.24, 2.45) is 5.92 Å². The summed E-state index contributed by atoms with van der Waals surface area (Å²) in [6.45, 7) is 16.4. The van der Waals surface area contributed by atoms with Crippen molar-refractivity contribution in [1.82, 2.24) is 19.8 Å².